The Morgan fingerprint density at radius 3 is 2.57 bits per heavy atom. The molecule has 14 heavy (non-hydrogen) atoms. The van der Waals surface area contributed by atoms with E-state index in [1.807, 2.05) is 0 Å². The van der Waals surface area contributed by atoms with Gasteiger partial charge in [-0.2, -0.15) is 0 Å². The van der Waals surface area contributed by atoms with E-state index >= 15 is 0 Å². The highest BCUT2D eigenvalue weighted by Gasteiger charge is 2.11. The van der Waals surface area contributed by atoms with Gasteiger partial charge in [-0.1, -0.05) is 13.3 Å². The molecule has 0 bridgehead atoms. The van der Waals surface area contributed by atoms with Crippen molar-refractivity contribution in [3.05, 3.63) is 23.8 Å². The van der Waals surface area contributed by atoms with E-state index in [1.54, 1.807) is 7.11 Å². The van der Waals surface area contributed by atoms with Gasteiger partial charge in [-0.05, 0) is 6.42 Å². The molecule has 0 aliphatic rings. The van der Waals surface area contributed by atoms with E-state index in [4.69, 9.17) is 4.74 Å². The minimum Gasteiger partial charge on any atom is -0.373 e. The molecule has 0 saturated carbocycles. The summed E-state index contributed by atoms with van der Waals surface area (Å²) in [5.41, 5.74) is 0.486. The number of aldehydes is 1. The molecule has 4 heteroatoms. The third-order valence-electron chi connectivity index (χ3n) is 1.95. The molecular weight excluding hydrogens is 180 g/mol. The third-order valence-corrected chi connectivity index (χ3v) is 1.95. The Morgan fingerprint density at radius 1 is 1.50 bits per heavy atom. The normalized spacial score (nSPS) is 12.4. The number of aromatic nitrogens is 2. The van der Waals surface area contributed by atoms with Crippen molar-refractivity contribution < 1.29 is 9.53 Å². The average molecular weight is 194 g/mol. The second-order valence-corrected chi connectivity index (χ2v) is 3.01. The van der Waals surface area contributed by atoms with E-state index in [1.165, 1.54) is 12.4 Å². The van der Waals surface area contributed by atoms with Crippen molar-refractivity contribution in [3.8, 4) is 0 Å². The van der Waals surface area contributed by atoms with Gasteiger partial charge in [0.15, 0.2) is 12.1 Å². The zero-order valence-electron chi connectivity index (χ0n) is 8.43. The number of hydrogen-bond donors (Lipinski definition) is 0. The monoisotopic (exact) mass is 194 g/mol. The van der Waals surface area contributed by atoms with E-state index < -0.39 is 0 Å². The summed E-state index contributed by atoms with van der Waals surface area (Å²) in [5.74, 6) is 0.639. The number of rotatable bonds is 5. The summed E-state index contributed by atoms with van der Waals surface area (Å²) in [7, 11) is 1.64. The molecule has 0 aliphatic carbocycles. The predicted molar refractivity (Wildman–Crippen MR) is 52.1 cm³/mol. The Hall–Kier alpha value is -1.29. The lowest BCUT2D eigenvalue weighted by atomic mass is 10.2. The topological polar surface area (TPSA) is 52.1 Å². The number of hydrogen-bond acceptors (Lipinski definition) is 4. The van der Waals surface area contributed by atoms with E-state index in [0.717, 1.165) is 19.1 Å². The molecule has 1 heterocycles. The molecule has 0 saturated heterocycles. The molecule has 0 spiro atoms. The molecule has 76 valence electrons. The van der Waals surface area contributed by atoms with Crippen molar-refractivity contribution in [1.82, 2.24) is 9.97 Å². The second kappa shape index (κ2) is 5.44. The molecule has 1 aromatic rings. The lowest BCUT2D eigenvalue weighted by Gasteiger charge is -2.11. The fourth-order valence-corrected chi connectivity index (χ4v) is 1.19. The molecule has 0 aliphatic heterocycles. The minimum absolute atomic E-state index is 0.0688. The van der Waals surface area contributed by atoms with Crippen LogP contribution in [0.1, 0.15) is 42.1 Å². The standard InChI is InChI=1S/C10H14N2O2/c1-3-4-9(14-2)10-11-5-8(7-13)6-12-10/h5-7,9H,3-4H2,1-2H3. The van der Waals surface area contributed by atoms with Crippen LogP contribution in [0.5, 0.6) is 0 Å². The molecule has 0 fully saturated rings. The first-order valence-corrected chi connectivity index (χ1v) is 4.61. The molecule has 0 amide bonds. The van der Waals surface area contributed by atoms with Crippen LogP contribution in [0.2, 0.25) is 0 Å². The minimum atomic E-state index is -0.0688. The predicted octanol–water partition coefficient (Wildman–Crippen LogP) is 1.78. The first kappa shape index (κ1) is 10.8. The summed E-state index contributed by atoms with van der Waals surface area (Å²) >= 11 is 0. The lowest BCUT2D eigenvalue weighted by Crippen LogP contribution is -2.06. The second-order valence-electron chi connectivity index (χ2n) is 3.01. The van der Waals surface area contributed by atoms with Crippen molar-refractivity contribution in [1.29, 1.82) is 0 Å². The largest absolute Gasteiger partial charge is 0.373 e. The van der Waals surface area contributed by atoms with Crippen molar-refractivity contribution in [2.45, 2.75) is 25.9 Å². The summed E-state index contributed by atoms with van der Waals surface area (Å²) in [4.78, 5) is 18.5. The Morgan fingerprint density at radius 2 is 2.14 bits per heavy atom. The van der Waals surface area contributed by atoms with Gasteiger partial charge >= 0.3 is 0 Å². The first-order valence-electron chi connectivity index (χ1n) is 4.61. The van der Waals surface area contributed by atoms with E-state index in [0.29, 0.717) is 11.4 Å². The molecule has 0 radical (unpaired) electrons. The Kier molecular flexibility index (Phi) is 4.19. The summed E-state index contributed by atoms with van der Waals surface area (Å²) in [5, 5.41) is 0. The average Bonchev–Trinajstić information content (AvgIpc) is 2.26. The highest BCUT2D eigenvalue weighted by Crippen LogP contribution is 2.17. The fraction of sp³-hybridized carbons (Fsp3) is 0.500. The molecular formula is C10H14N2O2. The van der Waals surface area contributed by atoms with Gasteiger partial charge in [-0.25, -0.2) is 9.97 Å². The zero-order chi connectivity index (χ0) is 10.4. The van der Waals surface area contributed by atoms with Crippen LogP contribution in [0.3, 0.4) is 0 Å². The summed E-state index contributed by atoms with van der Waals surface area (Å²) < 4.78 is 5.24. The van der Waals surface area contributed by atoms with Gasteiger partial charge in [0.25, 0.3) is 0 Å². The van der Waals surface area contributed by atoms with Crippen molar-refractivity contribution in [3.63, 3.8) is 0 Å². The van der Waals surface area contributed by atoms with Crippen LogP contribution < -0.4 is 0 Å². The van der Waals surface area contributed by atoms with Crippen LogP contribution in [-0.2, 0) is 4.74 Å². The van der Waals surface area contributed by atoms with Gasteiger partial charge in [0.1, 0.15) is 6.10 Å². The van der Waals surface area contributed by atoms with Crippen molar-refractivity contribution in [2.24, 2.45) is 0 Å². The van der Waals surface area contributed by atoms with Crippen molar-refractivity contribution in [2.75, 3.05) is 7.11 Å². The molecule has 1 aromatic heterocycles. The van der Waals surface area contributed by atoms with Crippen LogP contribution in [0.4, 0.5) is 0 Å². The van der Waals surface area contributed by atoms with E-state index in [2.05, 4.69) is 16.9 Å². The fourth-order valence-electron chi connectivity index (χ4n) is 1.19. The highest BCUT2D eigenvalue weighted by atomic mass is 16.5. The van der Waals surface area contributed by atoms with Gasteiger partial charge in [-0.3, -0.25) is 4.79 Å². The first-order chi connectivity index (χ1) is 6.81. The maximum Gasteiger partial charge on any atom is 0.157 e. The van der Waals surface area contributed by atoms with Crippen LogP contribution in [-0.4, -0.2) is 23.4 Å². The summed E-state index contributed by atoms with van der Waals surface area (Å²) in [6, 6.07) is 0. The van der Waals surface area contributed by atoms with Gasteiger partial charge in [0.05, 0.1) is 5.56 Å². The van der Waals surface area contributed by atoms with Gasteiger partial charge in [0.2, 0.25) is 0 Å². The number of carbonyl (C=O) groups is 1. The van der Waals surface area contributed by atoms with Crippen LogP contribution in [0.25, 0.3) is 0 Å². The van der Waals surface area contributed by atoms with E-state index in [9.17, 15) is 4.79 Å². The smallest absolute Gasteiger partial charge is 0.157 e. The molecule has 0 N–H and O–H groups in total. The number of nitrogens with zero attached hydrogens (tertiary/aromatic N) is 2. The van der Waals surface area contributed by atoms with Gasteiger partial charge in [0, 0.05) is 19.5 Å². The molecule has 1 unspecified atom stereocenters. The van der Waals surface area contributed by atoms with Crippen LogP contribution in [0.15, 0.2) is 12.4 Å². The molecule has 0 aromatic carbocycles. The van der Waals surface area contributed by atoms with Gasteiger partial charge < -0.3 is 4.74 Å². The SMILES string of the molecule is CCCC(OC)c1ncc(C=O)cn1. The highest BCUT2D eigenvalue weighted by molar-refractivity contribution is 5.73. The maximum atomic E-state index is 10.4. The lowest BCUT2D eigenvalue weighted by molar-refractivity contribution is 0.0874. The third kappa shape index (κ3) is 2.60. The van der Waals surface area contributed by atoms with Crippen LogP contribution >= 0.6 is 0 Å². The number of ether oxygens (including phenoxy) is 1. The quantitative estimate of drug-likeness (QED) is 0.670. The summed E-state index contributed by atoms with van der Waals surface area (Å²) in [6.45, 7) is 2.08. The zero-order valence-corrected chi connectivity index (χ0v) is 8.43. The number of carbonyl (C=O) groups excluding carboxylic acids is 1. The molecule has 4 nitrogen and oxygen atoms in total. The molecule has 1 rings (SSSR count). The Labute approximate surface area is 83.3 Å². The maximum absolute atomic E-state index is 10.4. The summed E-state index contributed by atoms with van der Waals surface area (Å²) in [6.07, 6.45) is 5.58. The Balaban J connectivity index is 2.77. The van der Waals surface area contributed by atoms with Crippen molar-refractivity contribution >= 4 is 6.29 Å². The van der Waals surface area contributed by atoms with E-state index in [-0.39, 0.29) is 6.10 Å². The van der Waals surface area contributed by atoms with Gasteiger partial charge in [-0.15, -0.1) is 0 Å². The molecule has 1 atom stereocenters. The Bertz CT molecular complexity index is 285. The van der Waals surface area contributed by atoms with Crippen LogP contribution in [0, 0.1) is 0 Å². The number of methoxy groups -OCH3 is 1.